The number of carbonyl (C=O) groups excluding carboxylic acids is 2. The highest BCUT2D eigenvalue weighted by Crippen LogP contribution is 2.23. The zero-order chi connectivity index (χ0) is 23.9. The summed E-state index contributed by atoms with van der Waals surface area (Å²) in [6, 6.07) is 21.4. The van der Waals surface area contributed by atoms with E-state index in [1.807, 2.05) is 85.5 Å². The van der Waals surface area contributed by atoms with Gasteiger partial charge in [0.2, 0.25) is 5.91 Å². The van der Waals surface area contributed by atoms with E-state index in [4.69, 9.17) is 0 Å². The van der Waals surface area contributed by atoms with Crippen LogP contribution in [-0.2, 0) is 4.79 Å². The maximum absolute atomic E-state index is 12.9. The lowest BCUT2D eigenvalue weighted by atomic mass is 9.95. The zero-order valence-corrected chi connectivity index (χ0v) is 19.9. The van der Waals surface area contributed by atoms with Gasteiger partial charge in [0.25, 0.3) is 5.91 Å². The monoisotopic (exact) mass is 456 g/mol. The van der Waals surface area contributed by atoms with Crippen LogP contribution < -0.4 is 10.2 Å². The molecule has 1 aromatic heterocycles. The molecule has 0 bridgehead atoms. The second-order valence-electron chi connectivity index (χ2n) is 8.76. The number of benzene rings is 2. The van der Waals surface area contributed by atoms with Gasteiger partial charge in [-0.2, -0.15) is 0 Å². The summed E-state index contributed by atoms with van der Waals surface area (Å²) < 4.78 is 0. The second kappa shape index (κ2) is 11.0. The van der Waals surface area contributed by atoms with Gasteiger partial charge in [0.1, 0.15) is 5.82 Å². The van der Waals surface area contributed by atoms with Crippen LogP contribution in [0.15, 0.2) is 72.9 Å². The fourth-order valence-electron chi connectivity index (χ4n) is 4.36. The lowest BCUT2D eigenvalue weighted by molar-refractivity contribution is -0.117. The van der Waals surface area contributed by atoms with E-state index in [9.17, 15) is 9.59 Å². The Hall–Kier alpha value is -3.67. The van der Waals surface area contributed by atoms with E-state index < -0.39 is 0 Å². The lowest BCUT2D eigenvalue weighted by Gasteiger charge is -2.23. The number of anilines is 2. The van der Waals surface area contributed by atoms with Crippen molar-refractivity contribution in [2.45, 2.75) is 32.6 Å². The molecule has 1 aliphatic heterocycles. The fraction of sp³-hybridized carbons (Fsp3) is 0.321. The minimum absolute atomic E-state index is 0.0247. The van der Waals surface area contributed by atoms with Crippen molar-refractivity contribution < 1.29 is 9.59 Å². The Labute approximate surface area is 201 Å². The van der Waals surface area contributed by atoms with Crippen molar-refractivity contribution in [1.29, 1.82) is 0 Å². The number of rotatable bonds is 6. The van der Waals surface area contributed by atoms with Gasteiger partial charge in [0.05, 0.1) is 17.8 Å². The number of pyridine rings is 1. The topological polar surface area (TPSA) is 65.5 Å². The molecule has 1 N–H and O–H groups in total. The molecule has 6 heteroatoms. The van der Waals surface area contributed by atoms with E-state index in [0.717, 1.165) is 55.0 Å². The van der Waals surface area contributed by atoms with Crippen molar-refractivity contribution in [3.63, 3.8) is 0 Å². The molecule has 0 radical (unpaired) electrons. The average Bonchev–Trinajstić information content (AvgIpc) is 3.12. The lowest BCUT2D eigenvalue weighted by Crippen LogP contribution is -2.35. The molecular formula is C28H32N4O2. The Morgan fingerprint density at radius 3 is 2.38 bits per heavy atom. The van der Waals surface area contributed by atoms with E-state index in [-0.39, 0.29) is 17.7 Å². The molecule has 6 nitrogen and oxygen atoms in total. The Morgan fingerprint density at radius 2 is 1.71 bits per heavy atom. The third-order valence-corrected chi connectivity index (χ3v) is 6.35. The molecule has 1 aliphatic rings. The summed E-state index contributed by atoms with van der Waals surface area (Å²) in [5.41, 5.74) is 3.59. The van der Waals surface area contributed by atoms with E-state index >= 15 is 0 Å². The Morgan fingerprint density at radius 1 is 0.941 bits per heavy atom. The maximum Gasteiger partial charge on any atom is 0.253 e. The van der Waals surface area contributed by atoms with Gasteiger partial charge in [-0.1, -0.05) is 55.0 Å². The smallest absolute Gasteiger partial charge is 0.253 e. The van der Waals surface area contributed by atoms with Crippen molar-refractivity contribution in [1.82, 2.24) is 9.88 Å². The van der Waals surface area contributed by atoms with Crippen LogP contribution >= 0.6 is 0 Å². The minimum Gasteiger partial charge on any atom is -0.355 e. The molecule has 0 spiro atoms. The molecule has 1 saturated heterocycles. The van der Waals surface area contributed by atoms with Gasteiger partial charge in [0.15, 0.2) is 0 Å². The molecule has 0 aliphatic carbocycles. The molecule has 2 amide bonds. The third-order valence-electron chi connectivity index (χ3n) is 6.35. The molecule has 0 unspecified atom stereocenters. The summed E-state index contributed by atoms with van der Waals surface area (Å²) in [6.07, 6.45) is 3.32. The average molecular weight is 457 g/mol. The molecular weight excluding hydrogens is 424 g/mol. The first kappa shape index (κ1) is 23.5. The summed E-state index contributed by atoms with van der Waals surface area (Å²) in [7, 11) is 0. The molecule has 3 aromatic rings. The number of nitrogens with zero attached hydrogens (tertiary/aromatic N) is 3. The number of aromatic nitrogens is 1. The van der Waals surface area contributed by atoms with Crippen LogP contribution in [0.2, 0.25) is 0 Å². The number of nitrogens with one attached hydrogen (secondary N) is 1. The Balaban J connectivity index is 1.36. The maximum atomic E-state index is 12.9. The van der Waals surface area contributed by atoms with Crippen LogP contribution in [0.3, 0.4) is 0 Å². The molecule has 2 aromatic carbocycles. The van der Waals surface area contributed by atoms with Crippen LogP contribution in [0.4, 0.5) is 11.5 Å². The first-order chi connectivity index (χ1) is 16.5. The van der Waals surface area contributed by atoms with Crippen LogP contribution in [0.5, 0.6) is 0 Å². The number of hydrogen-bond acceptors (Lipinski definition) is 4. The van der Waals surface area contributed by atoms with Gasteiger partial charge >= 0.3 is 0 Å². The molecule has 2 heterocycles. The van der Waals surface area contributed by atoms with E-state index in [1.54, 1.807) is 6.20 Å². The van der Waals surface area contributed by atoms with Crippen molar-refractivity contribution in [2.24, 2.45) is 0 Å². The largest absolute Gasteiger partial charge is 0.355 e. The number of amides is 2. The van der Waals surface area contributed by atoms with E-state index in [1.165, 1.54) is 0 Å². The first-order valence-electron chi connectivity index (χ1n) is 12.0. The Kier molecular flexibility index (Phi) is 7.58. The van der Waals surface area contributed by atoms with Gasteiger partial charge in [0, 0.05) is 31.7 Å². The van der Waals surface area contributed by atoms with Crippen LogP contribution in [0.1, 0.15) is 47.2 Å². The molecule has 176 valence electrons. The van der Waals surface area contributed by atoms with Crippen LogP contribution in [0.25, 0.3) is 0 Å². The van der Waals surface area contributed by atoms with Gasteiger partial charge < -0.3 is 15.1 Å². The SMILES string of the molecule is CC[C@@H](C(=O)Nc1ccc(N2CCCN(C(=O)c3ccc(C)cc3)CC2)nc1)c1ccccc1. The molecule has 1 fully saturated rings. The minimum atomic E-state index is -0.191. The normalized spacial score (nSPS) is 14.9. The van der Waals surface area contributed by atoms with Crippen LogP contribution in [-0.4, -0.2) is 47.9 Å². The van der Waals surface area contributed by atoms with Crippen LogP contribution in [0, 0.1) is 6.92 Å². The van der Waals surface area contributed by atoms with Crippen molar-refractivity contribution >= 4 is 23.3 Å². The highest BCUT2D eigenvalue weighted by atomic mass is 16.2. The van der Waals surface area contributed by atoms with Gasteiger partial charge in [-0.3, -0.25) is 9.59 Å². The molecule has 4 rings (SSSR count). The first-order valence-corrected chi connectivity index (χ1v) is 12.0. The van der Waals surface area contributed by atoms with Crippen molar-refractivity contribution in [2.75, 3.05) is 36.4 Å². The zero-order valence-electron chi connectivity index (χ0n) is 19.9. The quantitative estimate of drug-likeness (QED) is 0.574. The van der Waals surface area contributed by atoms with E-state index in [2.05, 4.69) is 15.2 Å². The van der Waals surface area contributed by atoms with Gasteiger partial charge in [-0.15, -0.1) is 0 Å². The predicted molar refractivity (Wildman–Crippen MR) is 136 cm³/mol. The number of carbonyl (C=O) groups is 2. The predicted octanol–water partition coefficient (Wildman–Crippen LogP) is 4.87. The van der Waals surface area contributed by atoms with Crippen molar-refractivity contribution in [3.05, 3.63) is 89.6 Å². The third kappa shape index (κ3) is 5.63. The van der Waals surface area contributed by atoms with Gasteiger partial charge in [-0.25, -0.2) is 4.98 Å². The van der Waals surface area contributed by atoms with E-state index in [0.29, 0.717) is 12.2 Å². The highest BCUT2D eigenvalue weighted by molar-refractivity contribution is 5.96. The molecule has 0 saturated carbocycles. The standard InChI is InChI=1S/C28H32N4O2/c1-3-25(22-8-5-4-6-9-22)27(33)30-24-14-15-26(29-20-24)31-16-7-17-32(19-18-31)28(34)23-12-10-21(2)11-13-23/h4-6,8-15,20,25H,3,7,16-19H2,1-2H3,(H,30,33)/t25-/m1/s1. The van der Waals surface area contributed by atoms with Crippen molar-refractivity contribution in [3.8, 4) is 0 Å². The fourth-order valence-corrected chi connectivity index (χ4v) is 4.36. The van der Waals surface area contributed by atoms with Gasteiger partial charge in [-0.05, 0) is 49.6 Å². The summed E-state index contributed by atoms with van der Waals surface area (Å²) in [5.74, 6) is 0.723. The summed E-state index contributed by atoms with van der Waals surface area (Å²) in [4.78, 5) is 34.4. The number of hydrogen-bond donors (Lipinski definition) is 1. The highest BCUT2D eigenvalue weighted by Gasteiger charge is 2.22. The Bertz CT molecular complexity index is 1100. The summed E-state index contributed by atoms with van der Waals surface area (Å²) in [6.45, 7) is 6.99. The number of aryl methyl sites for hydroxylation is 1. The second-order valence-corrected chi connectivity index (χ2v) is 8.76. The summed E-state index contributed by atoms with van der Waals surface area (Å²) in [5, 5.41) is 3.01. The molecule has 34 heavy (non-hydrogen) atoms. The molecule has 1 atom stereocenters. The summed E-state index contributed by atoms with van der Waals surface area (Å²) >= 11 is 0.